The molecule has 240 valence electrons. The van der Waals surface area contributed by atoms with Crippen molar-refractivity contribution in [3.63, 3.8) is 0 Å². The van der Waals surface area contributed by atoms with E-state index in [1.54, 1.807) is 0 Å². The Morgan fingerprint density at radius 1 is 0.173 bits per heavy atom. The van der Waals surface area contributed by atoms with Crippen molar-refractivity contribution >= 4 is 43.1 Å². The number of hydrogen-bond acceptors (Lipinski definition) is 0. The first-order chi connectivity index (χ1) is 25.9. The van der Waals surface area contributed by atoms with Gasteiger partial charge in [0, 0.05) is 0 Å². The molecule has 0 heterocycles. The van der Waals surface area contributed by atoms with Crippen molar-refractivity contribution < 1.29 is 0 Å². The largest absolute Gasteiger partial charge is 0.0622 e. The molecule has 10 aromatic carbocycles. The molecule has 52 heavy (non-hydrogen) atoms. The van der Waals surface area contributed by atoms with Gasteiger partial charge in [-0.3, -0.25) is 0 Å². The molecule has 1 aliphatic carbocycles. The lowest BCUT2D eigenvalue weighted by Crippen LogP contribution is -1.93. The van der Waals surface area contributed by atoms with Gasteiger partial charge in [0.1, 0.15) is 0 Å². The molecular formula is C52H32. The van der Waals surface area contributed by atoms with E-state index in [2.05, 4.69) is 194 Å². The normalized spacial score (nSPS) is 11.8. The van der Waals surface area contributed by atoms with Crippen molar-refractivity contribution in [1.29, 1.82) is 0 Å². The molecule has 0 saturated carbocycles. The van der Waals surface area contributed by atoms with Crippen LogP contribution in [0, 0.1) is 0 Å². The van der Waals surface area contributed by atoms with Crippen LogP contribution < -0.4 is 0 Å². The highest BCUT2D eigenvalue weighted by Crippen LogP contribution is 2.59. The Morgan fingerprint density at radius 2 is 0.500 bits per heavy atom. The molecule has 0 N–H and O–H groups in total. The van der Waals surface area contributed by atoms with Crippen LogP contribution in [0.4, 0.5) is 0 Å². The molecule has 10 aromatic rings. The Bertz CT molecular complexity index is 2880. The number of fused-ring (bicyclic) bond motifs is 6. The van der Waals surface area contributed by atoms with Gasteiger partial charge in [0.05, 0.1) is 0 Å². The standard InChI is InChI=1S/C52H32/c1-4-17-33(18-5-1)46-36-23-10-14-27-40(36)49(41-28-15-11-24-37(41)46)43-31-32-45-50-42(43)29-16-30-44(50)51-47(34-19-6-2-7-20-34)38-25-12-13-26-39(38)48(52(45)51)35-21-8-3-9-22-35/h1-32H. The van der Waals surface area contributed by atoms with Crippen LogP contribution in [0.25, 0.3) is 110 Å². The van der Waals surface area contributed by atoms with Crippen LogP contribution in [0.3, 0.4) is 0 Å². The third kappa shape index (κ3) is 4.10. The molecule has 0 spiro atoms. The second kappa shape index (κ2) is 11.4. The van der Waals surface area contributed by atoms with Gasteiger partial charge < -0.3 is 0 Å². The van der Waals surface area contributed by atoms with E-state index in [4.69, 9.17) is 0 Å². The minimum Gasteiger partial charge on any atom is -0.0622 e. The van der Waals surface area contributed by atoms with Crippen molar-refractivity contribution in [1.82, 2.24) is 0 Å². The second-order valence-corrected chi connectivity index (χ2v) is 13.9. The van der Waals surface area contributed by atoms with Gasteiger partial charge in [0.2, 0.25) is 0 Å². The summed E-state index contributed by atoms with van der Waals surface area (Å²) in [5.41, 5.74) is 15.5. The SMILES string of the molecule is c1ccc(-c2c3c(c(-c4ccccc4)c4ccccc24)-c2ccc(-c4c5ccccc5c(-c5ccccc5)c5ccccc45)c4cccc-3c24)cc1. The summed E-state index contributed by atoms with van der Waals surface area (Å²) >= 11 is 0. The Labute approximate surface area is 302 Å². The van der Waals surface area contributed by atoms with Crippen molar-refractivity contribution in [3.8, 4) is 66.8 Å². The summed E-state index contributed by atoms with van der Waals surface area (Å²) in [6.07, 6.45) is 0. The maximum Gasteiger partial charge on any atom is -0.000741 e. The van der Waals surface area contributed by atoms with Gasteiger partial charge in [-0.15, -0.1) is 0 Å². The predicted molar refractivity (Wildman–Crippen MR) is 223 cm³/mol. The second-order valence-electron chi connectivity index (χ2n) is 13.9. The lowest BCUT2D eigenvalue weighted by Gasteiger charge is -2.20. The Kier molecular flexibility index (Phi) is 6.35. The summed E-state index contributed by atoms with van der Waals surface area (Å²) in [6, 6.07) is 71.6. The maximum absolute atomic E-state index is 2.41. The van der Waals surface area contributed by atoms with Gasteiger partial charge in [0.25, 0.3) is 0 Å². The minimum absolute atomic E-state index is 1.24. The summed E-state index contributed by atoms with van der Waals surface area (Å²) in [4.78, 5) is 0. The average molecular weight is 657 g/mol. The molecule has 0 fully saturated rings. The van der Waals surface area contributed by atoms with E-state index in [-0.39, 0.29) is 0 Å². The molecule has 0 nitrogen and oxygen atoms in total. The first-order valence-corrected chi connectivity index (χ1v) is 18.1. The van der Waals surface area contributed by atoms with Crippen LogP contribution in [0.2, 0.25) is 0 Å². The van der Waals surface area contributed by atoms with Crippen LogP contribution in [0.5, 0.6) is 0 Å². The summed E-state index contributed by atoms with van der Waals surface area (Å²) < 4.78 is 0. The van der Waals surface area contributed by atoms with E-state index in [0.717, 1.165) is 0 Å². The Hall–Kier alpha value is -6.76. The van der Waals surface area contributed by atoms with Crippen LogP contribution in [-0.4, -0.2) is 0 Å². The van der Waals surface area contributed by atoms with Crippen molar-refractivity contribution in [2.45, 2.75) is 0 Å². The lowest BCUT2D eigenvalue weighted by molar-refractivity contribution is 1.62. The van der Waals surface area contributed by atoms with Gasteiger partial charge in [-0.1, -0.05) is 194 Å². The molecule has 0 aliphatic heterocycles. The lowest BCUT2D eigenvalue weighted by atomic mass is 9.82. The highest BCUT2D eigenvalue weighted by molar-refractivity contribution is 6.31. The zero-order valence-electron chi connectivity index (χ0n) is 28.5. The fourth-order valence-electron chi connectivity index (χ4n) is 9.16. The van der Waals surface area contributed by atoms with E-state index >= 15 is 0 Å². The number of hydrogen-bond donors (Lipinski definition) is 0. The molecular weight excluding hydrogens is 625 g/mol. The average Bonchev–Trinajstić information content (AvgIpc) is 3.55. The fraction of sp³-hybridized carbons (Fsp3) is 0. The molecule has 0 bridgehead atoms. The first-order valence-electron chi connectivity index (χ1n) is 18.1. The molecule has 0 heteroatoms. The quantitative estimate of drug-likeness (QED) is 0.165. The molecule has 1 aliphatic rings. The molecule has 0 atom stereocenters. The Balaban J connectivity index is 1.29. The summed E-state index contributed by atoms with van der Waals surface area (Å²) in [5, 5.41) is 10.3. The molecule has 0 unspecified atom stereocenters. The van der Waals surface area contributed by atoms with Gasteiger partial charge >= 0.3 is 0 Å². The van der Waals surface area contributed by atoms with E-state index in [1.807, 2.05) is 0 Å². The molecule has 11 rings (SSSR count). The fourth-order valence-corrected chi connectivity index (χ4v) is 9.16. The Morgan fingerprint density at radius 3 is 0.962 bits per heavy atom. The summed E-state index contributed by atoms with van der Waals surface area (Å²) in [7, 11) is 0. The maximum atomic E-state index is 2.41. The van der Waals surface area contributed by atoms with Gasteiger partial charge in [0.15, 0.2) is 0 Å². The van der Waals surface area contributed by atoms with E-state index < -0.39 is 0 Å². The van der Waals surface area contributed by atoms with Crippen LogP contribution in [0.15, 0.2) is 194 Å². The van der Waals surface area contributed by atoms with E-state index in [0.29, 0.717) is 0 Å². The topological polar surface area (TPSA) is 0 Å². The van der Waals surface area contributed by atoms with Gasteiger partial charge in [-0.2, -0.15) is 0 Å². The predicted octanol–water partition coefficient (Wildman–Crippen LogP) is 14.6. The van der Waals surface area contributed by atoms with Crippen LogP contribution in [-0.2, 0) is 0 Å². The van der Waals surface area contributed by atoms with Crippen LogP contribution in [0.1, 0.15) is 0 Å². The monoisotopic (exact) mass is 656 g/mol. The van der Waals surface area contributed by atoms with Gasteiger partial charge in [-0.25, -0.2) is 0 Å². The zero-order valence-corrected chi connectivity index (χ0v) is 28.5. The molecule has 0 radical (unpaired) electrons. The van der Waals surface area contributed by atoms with Crippen molar-refractivity contribution in [2.75, 3.05) is 0 Å². The smallest absolute Gasteiger partial charge is 0.000741 e. The van der Waals surface area contributed by atoms with Crippen molar-refractivity contribution in [3.05, 3.63) is 194 Å². The first kappa shape index (κ1) is 29.0. The molecule has 0 aromatic heterocycles. The van der Waals surface area contributed by atoms with E-state index in [9.17, 15) is 0 Å². The van der Waals surface area contributed by atoms with Crippen LogP contribution >= 0.6 is 0 Å². The molecule has 0 amide bonds. The molecule has 0 saturated heterocycles. The third-order valence-electron chi connectivity index (χ3n) is 11.2. The third-order valence-corrected chi connectivity index (χ3v) is 11.2. The highest BCUT2D eigenvalue weighted by atomic mass is 14.3. The highest BCUT2D eigenvalue weighted by Gasteiger charge is 2.31. The van der Waals surface area contributed by atoms with Crippen molar-refractivity contribution in [2.24, 2.45) is 0 Å². The number of benzene rings is 10. The number of rotatable bonds is 4. The van der Waals surface area contributed by atoms with E-state index in [1.165, 1.54) is 110 Å². The van der Waals surface area contributed by atoms with Gasteiger partial charge in [-0.05, 0) is 110 Å². The summed E-state index contributed by atoms with van der Waals surface area (Å²) in [6.45, 7) is 0. The minimum atomic E-state index is 1.24. The zero-order chi connectivity index (χ0) is 34.2. The summed E-state index contributed by atoms with van der Waals surface area (Å²) in [5.74, 6) is 0.